The number of amides is 3. The van der Waals surface area contributed by atoms with Crippen LogP contribution in [-0.4, -0.2) is 74.7 Å². The molecule has 4 N–H and O–H groups in total. The van der Waals surface area contributed by atoms with E-state index in [2.05, 4.69) is 10.0 Å². The van der Waals surface area contributed by atoms with Crippen LogP contribution in [0, 0.1) is 11.3 Å². The fraction of sp³-hybridized carbons (Fsp3) is 0.607. The third-order valence-electron chi connectivity index (χ3n) is 7.07. The van der Waals surface area contributed by atoms with Crippen molar-refractivity contribution in [3.63, 3.8) is 0 Å². The number of carbonyl (C=O) groups is 3. The molecule has 1 saturated heterocycles. The summed E-state index contributed by atoms with van der Waals surface area (Å²) in [6, 6.07) is 3.93. The fourth-order valence-corrected chi connectivity index (χ4v) is 5.90. The van der Waals surface area contributed by atoms with Crippen LogP contribution in [0.5, 0.6) is 0 Å². The van der Waals surface area contributed by atoms with Crippen LogP contribution in [0.2, 0.25) is 0 Å². The van der Waals surface area contributed by atoms with Crippen LogP contribution in [0.4, 0.5) is 5.69 Å². The molecule has 1 aromatic carbocycles. The molecule has 0 aliphatic carbocycles. The summed E-state index contributed by atoms with van der Waals surface area (Å²) in [4.78, 5) is 43.1. The van der Waals surface area contributed by atoms with Crippen LogP contribution in [0.1, 0.15) is 60.8 Å². The van der Waals surface area contributed by atoms with E-state index in [0.29, 0.717) is 5.69 Å². The maximum absolute atomic E-state index is 13.9. The molecule has 10 nitrogen and oxygen atoms in total. The van der Waals surface area contributed by atoms with E-state index in [4.69, 9.17) is 5.73 Å². The van der Waals surface area contributed by atoms with Gasteiger partial charge in [0.05, 0.1) is 17.0 Å². The zero-order chi connectivity index (χ0) is 29.7. The second-order valence-corrected chi connectivity index (χ2v) is 13.4. The zero-order valence-electron chi connectivity index (χ0n) is 24.4. The number of sulfonamides is 1. The molecule has 3 amide bonds. The Morgan fingerprint density at radius 2 is 1.67 bits per heavy atom. The molecule has 39 heavy (non-hydrogen) atoms. The SMILES string of the molecule is C/C(=C\[C@H](C(C)C)N(C)C(=O)[C@@H](N(C)C(=O)[C@H]1CCCCN1)C(C)(C)C)C(=O)NS(=O)(=O)c1ccc(N)cc1. The lowest BCUT2D eigenvalue weighted by molar-refractivity contribution is -0.150. The van der Waals surface area contributed by atoms with Gasteiger partial charge in [-0.3, -0.25) is 14.4 Å². The monoisotopic (exact) mass is 563 g/mol. The minimum absolute atomic E-state index is 0.0845. The highest BCUT2D eigenvalue weighted by molar-refractivity contribution is 7.90. The highest BCUT2D eigenvalue weighted by Crippen LogP contribution is 2.28. The Morgan fingerprint density at radius 1 is 1.08 bits per heavy atom. The van der Waals surface area contributed by atoms with Gasteiger partial charge in [-0.15, -0.1) is 0 Å². The van der Waals surface area contributed by atoms with Gasteiger partial charge < -0.3 is 20.9 Å². The predicted molar refractivity (Wildman–Crippen MR) is 153 cm³/mol. The topological polar surface area (TPSA) is 142 Å². The van der Waals surface area contributed by atoms with Crippen molar-refractivity contribution in [3.05, 3.63) is 35.9 Å². The van der Waals surface area contributed by atoms with E-state index in [1.165, 1.54) is 31.2 Å². The largest absolute Gasteiger partial charge is 0.399 e. The number of benzene rings is 1. The van der Waals surface area contributed by atoms with Crippen molar-refractivity contribution < 1.29 is 22.8 Å². The van der Waals surface area contributed by atoms with Crippen LogP contribution >= 0.6 is 0 Å². The van der Waals surface area contributed by atoms with Crippen molar-refractivity contribution in [1.29, 1.82) is 0 Å². The molecule has 11 heteroatoms. The summed E-state index contributed by atoms with van der Waals surface area (Å²) in [5.41, 5.74) is 5.62. The van der Waals surface area contributed by atoms with Crippen LogP contribution in [-0.2, 0) is 24.4 Å². The molecule has 218 valence electrons. The molecule has 2 rings (SSSR count). The quantitative estimate of drug-likeness (QED) is 0.310. The summed E-state index contributed by atoms with van der Waals surface area (Å²) < 4.78 is 27.4. The number of hydrogen-bond acceptors (Lipinski definition) is 7. The molecule has 0 bridgehead atoms. The highest BCUT2D eigenvalue weighted by Gasteiger charge is 2.42. The van der Waals surface area contributed by atoms with Crippen molar-refractivity contribution >= 4 is 33.4 Å². The van der Waals surface area contributed by atoms with Crippen LogP contribution < -0.4 is 15.8 Å². The molecule has 1 aromatic rings. The maximum atomic E-state index is 13.9. The number of nitrogens with zero attached hydrogens (tertiary/aromatic N) is 2. The van der Waals surface area contributed by atoms with Crippen LogP contribution in [0.15, 0.2) is 40.8 Å². The van der Waals surface area contributed by atoms with E-state index in [9.17, 15) is 22.8 Å². The van der Waals surface area contributed by atoms with Gasteiger partial charge in [-0.1, -0.05) is 47.1 Å². The van der Waals surface area contributed by atoms with E-state index in [1.54, 1.807) is 30.0 Å². The summed E-state index contributed by atoms with van der Waals surface area (Å²) in [7, 11) is -0.788. The molecule has 1 fully saturated rings. The molecule has 0 spiro atoms. The third kappa shape index (κ3) is 8.28. The van der Waals surface area contributed by atoms with E-state index in [-0.39, 0.29) is 34.2 Å². The maximum Gasteiger partial charge on any atom is 0.264 e. The normalized spacial score (nSPS) is 18.3. The van der Waals surface area contributed by atoms with E-state index in [1.807, 2.05) is 34.6 Å². The Bertz CT molecular complexity index is 1170. The van der Waals surface area contributed by atoms with Crippen molar-refractivity contribution in [2.75, 3.05) is 26.4 Å². The van der Waals surface area contributed by atoms with Gasteiger partial charge in [-0.25, -0.2) is 13.1 Å². The number of nitrogen functional groups attached to an aromatic ring is 1. The number of anilines is 1. The number of nitrogens with one attached hydrogen (secondary N) is 2. The number of piperidine rings is 1. The lowest BCUT2D eigenvalue weighted by atomic mass is 9.83. The second kappa shape index (κ2) is 13.0. The van der Waals surface area contributed by atoms with E-state index < -0.39 is 33.4 Å². The number of rotatable bonds is 9. The van der Waals surface area contributed by atoms with Gasteiger partial charge >= 0.3 is 0 Å². The van der Waals surface area contributed by atoms with Gasteiger partial charge in [-0.2, -0.15) is 0 Å². The zero-order valence-corrected chi connectivity index (χ0v) is 25.3. The van der Waals surface area contributed by atoms with Gasteiger partial charge in [0.15, 0.2) is 0 Å². The smallest absolute Gasteiger partial charge is 0.264 e. The van der Waals surface area contributed by atoms with Gasteiger partial charge in [0.25, 0.3) is 15.9 Å². The van der Waals surface area contributed by atoms with Crippen molar-refractivity contribution in [2.24, 2.45) is 11.3 Å². The minimum atomic E-state index is -4.10. The van der Waals surface area contributed by atoms with Gasteiger partial charge in [-0.05, 0) is 61.9 Å². The Balaban J connectivity index is 2.29. The van der Waals surface area contributed by atoms with Gasteiger partial charge in [0, 0.05) is 25.4 Å². The molecule has 3 atom stereocenters. The van der Waals surface area contributed by atoms with Crippen LogP contribution in [0.25, 0.3) is 0 Å². The Labute approximate surface area is 233 Å². The first-order valence-corrected chi connectivity index (χ1v) is 14.8. The molecule has 0 saturated carbocycles. The molecule has 0 radical (unpaired) electrons. The van der Waals surface area contributed by atoms with Crippen LogP contribution in [0.3, 0.4) is 0 Å². The van der Waals surface area contributed by atoms with E-state index in [0.717, 1.165) is 25.8 Å². The predicted octanol–water partition coefficient (Wildman–Crippen LogP) is 2.52. The Hall–Kier alpha value is -2.92. The number of carbonyl (C=O) groups excluding carboxylic acids is 3. The van der Waals surface area contributed by atoms with E-state index >= 15 is 0 Å². The third-order valence-corrected chi connectivity index (χ3v) is 8.42. The molecule has 1 aliphatic heterocycles. The average Bonchev–Trinajstić information content (AvgIpc) is 2.85. The molecular weight excluding hydrogens is 518 g/mol. The first kappa shape index (κ1) is 32.3. The van der Waals surface area contributed by atoms with Gasteiger partial charge in [0.2, 0.25) is 11.8 Å². The molecule has 1 heterocycles. The standard InChI is InChI=1S/C28H45N5O5S/c1-18(2)23(17-19(3)25(34)31-39(37,38)21-14-12-20(29)13-15-21)32(7)27(36)24(28(4,5)6)33(8)26(35)22-11-9-10-16-30-22/h12-15,17-18,22-24,30H,9-11,16,29H2,1-8H3,(H,31,34)/b19-17+/t22-,23-,24-/m1/s1. The highest BCUT2D eigenvalue weighted by atomic mass is 32.2. The summed E-state index contributed by atoms with van der Waals surface area (Å²) in [5, 5.41) is 3.26. The summed E-state index contributed by atoms with van der Waals surface area (Å²) in [6.07, 6.45) is 4.31. The molecular formula is C28H45N5O5S. The summed E-state index contributed by atoms with van der Waals surface area (Å²) >= 11 is 0. The number of nitrogens with two attached hydrogens (primary N) is 1. The molecule has 0 unspecified atom stereocenters. The average molecular weight is 564 g/mol. The first-order valence-electron chi connectivity index (χ1n) is 13.3. The lowest BCUT2D eigenvalue weighted by Crippen LogP contribution is -2.60. The molecule has 0 aromatic heterocycles. The van der Waals surface area contributed by atoms with Crippen molar-refractivity contribution in [1.82, 2.24) is 19.8 Å². The number of likely N-dealkylation sites (N-methyl/N-ethyl adjacent to an activating group) is 2. The lowest BCUT2D eigenvalue weighted by Gasteiger charge is -2.42. The first-order chi connectivity index (χ1) is 18.0. The Morgan fingerprint density at radius 3 is 2.15 bits per heavy atom. The second-order valence-electron chi connectivity index (χ2n) is 11.8. The number of hydrogen-bond donors (Lipinski definition) is 3. The minimum Gasteiger partial charge on any atom is -0.399 e. The molecule has 1 aliphatic rings. The van der Waals surface area contributed by atoms with Crippen molar-refractivity contribution in [3.8, 4) is 0 Å². The fourth-order valence-electron chi connectivity index (χ4n) is 4.88. The van der Waals surface area contributed by atoms with Gasteiger partial charge in [0.1, 0.15) is 6.04 Å². The summed E-state index contributed by atoms with van der Waals surface area (Å²) in [5.74, 6) is -1.26. The van der Waals surface area contributed by atoms with Crippen molar-refractivity contribution in [2.45, 2.75) is 83.8 Å². The summed E-state index contributed by atoms with van der Waals surface area (Å²) in [6.45, 7) is 11.9. The Kier molecular flexibility index (Phi) is 10.7.